The van der Waals surface area contributed by atoms with E-state index in [4.69, 9.17) is 19.3 Å². The van der Waals surface area contributed by atoms with Gasteiger partial charge < -0.3 is 14.2 Å². The number of nitrogens with zero attached hydrogens (tertiary/aromatic N) is 2. The Balaban J connectivity index is 1.44. The van der Waals surface area contributed by atoms with Crippen molar-refractivity contribution in [3.63, 3.8) is 0 Å². The van der Waals surface area contributed by atoms with Crippen LogP contribution in [-0.4, -0.2) is 17.5 Å². The molecule has 0 N–H and O–H groups in total. The molecule has 3 aromatic carbocycles. The van der Waals surface area contributed by atoms with Crippen LogP contribution in [0.5, 0.6) is 17.2 Å². The molecule has 0 amide bonds. The van der Waals surface area contributed by atoms with Gasteiger partial charge in [0.1, 0.15) is 5.75 Å². The molecule has 3 aromatic rings. The van der Waals surface area contributed by atoms with E-state index in [-0.39, 0.29) is 19.1 Å². The first kappa shape index (κ1) is 16.5. The lowest BCUT2D eigenvalue weighted by Crippen LogP contribution is -2.33. The Labute approximate surface area is 169 Å². The molecule has 0 aliphatic carbocycles. The zero-order valence-corrected chi connectivity index (χ0v) is 16.0. The molecule has 2 atom stereocenters. The van der Waals surface area contributed by atoms with Gasteiger partial charge in [0.25, 0.3) is 0 Å². The van der Waals surface area contributed by atoms with E-state index in [1.165, 1.54) is 11.1 Å². The van der Waals surface area contributed by atoms with Gasteiger partial charge in [-0.05, 0) is 36.8 Å². The molecule has 0 bridgehead atoms. The molecule has 0 saturated carbocycles. The van der Waals surface area contributed by atoms with Gasteiger partial charge in [-0.1, -0.05) is 48.0 Å². The van der Waals surface area contributed by atoms with Gasteiger partial charge in [-0.25, -0.2) is 5.01 Å². The smallest absolute Gasteiger partial charge is 0.231 e. The SMILES string of the molecule is Cc1ccc(C2=NN3[C@H](C2)c2ccccc2O[C@H]3c2ccc3c(c2)OCO3)cc1. The highest BCUT2D eigenvalue weighted by molar-refractivity contribution is 6.02. The Hall–Kier alpha value is -3.47. The Bertz CT molecular complexity index is 1120. The number of fused-ring (bicyclic) bond motifs is 4. The topological polar surface area (TPSA) is 43.3 Å². The minimum absolute atomic E-state index is 0.145. The lowest BCUT2D eigenvalue weighted by molar-refractivity contribution is -0.0191. The van der Waals surface area contributed by atoms with Crippen molar-refractivity contribution < 1.29 is 14.2 Å². The number of aryl methyl sites for hydroxylation is 1. The lowest BCUT2D eigenvalue weighted by atomic mass is 9.95. The maximum atomic E-state index is 6.42. The number of rotatable bonds is 2. The van der Waals surface area contributed by atoms with Gasteiger partial charge in [-0.3, -0.25) is 0 Å². The summed E-state index contributed by atoms with van der Waals surface area (Å²) in [5.41, 5.74) is 5.67. The summed E-state index contributed by atoms with van der Waals surface area (Å²) in [7, 11) is 0. The second-order valence-electron chi connectivity index (χ2n) is 7.63. The minimum Gasteiger partial charge on any atom is -0.464 e. The first-order valence-electron chi connectivity index (χ1n) is 9.84. The van der Waals surface area contributed by atoms with E-state index in [9.17, 15) is 0 Å². The Morgan fingerprint density at radius 2 is 1.72 bits per heavy atom. The van der Waals surface area contributed by atoms with Gasteiger partial charge in [0, 0.05) is 17.5 Å². The minimum atomic E-state index is -0.313. The van der Waals surface area contributed by atoms with E-state index in [0.717, 1.165) is 40.5 Å². The number of hydrogen-bond donors (Lipinski definition) is 0. The summed E-state index contributed by atoms with van der Waals surface area (Å²) in [4.78, 5) is 0. The van der Waals surface area contributed by atoms with Crippen molar-refractivity contribution in [2.24, 2.45) is 5.10 Å². The summed E-state index contributed by atoms with van der Waals surface area (Å²) in [6.07, 6.45) is 0.539. The fourth-order valence-electron chi connectivity index (χ4n) is 4.24. The fraction of sp³-hybridized carbons (Fsp3) is 0.208. The van der Waals surface area contributed by atoms with Crippen LogP contribution in [-0.2, 0) is 0 Å². The number of benzene rings is 3. The molecule has 3 aliphatic rings. The monoisotopic (exact) mass is 384 g/mol. The molecule has 144 valence electrons. The van der Waals surface area contributed by atoms with Crippen molar-refractivity contribution in [2.45, 2.75) is 25.6 Å². The highest BCUT2D eigenvalue weighted by Crippen LogP contribution is 2.48. The van der Waals surface area contributed by atoms with Gasteiger partial charge in [0.15, 0.2) is 11.5 Å². The molecule has 3 heterocycles. The maximum absolute atomic E-state index is 6.42. The third-order valence-corrected chi connectivity index (χ3v) is 5.77. The third kappa shape index (κ3) is 2.65. The second kappa shape index (κ2) is 6.27. The van der Waals surface area contributed by atoms with Crippen LogP contribution in [0.3, 0.4) is 0 Å². The molecule has 0 saturated heterocycles. The largest absolute Gasteiger partial charge is 0.464 e. The van der Waals surface area contributed by atoms with E-state index in [1.807, 2.05) is 30.3 Å². The standard InChI is InChI=1S/C24H20N2O3/c1-15-6-8-16(9-7-15)19-13-20-18-4-2-3-5-21(18)29-24(26(20)25-19)17-10-11-22-23(12-17)28-14-27-22/h2-12,20,24H,13-14H2,1H3/t20-,24+/m1/s1. The van der Waals surface area contributed by atoms with Gasteiger partial charge in [0.2, 0.25) is 13.0 Å². The lowest BCUT2D eigenvalue weighted by Gasteiger charge is -2.38. The van der Waals surface area contributed by atoms with Crippen LogP contribution in [0.1, 0.15) is 40.9 Å². The Morgan fingerprint density at radius 1 is 0.897 bits per heavy atom. The Kier molecular flexibility index (Phi) is 3.57. The van der Waals surface area contributed by atoms with Crippen LogP contribution in [0.25, 0.3) is 0 Å². The summed E-state index contributed by atoms with van der Waals surface area (Å²) >= 11 is 0. The molecule has 3 aliphatic heterocycles. The first-order valence-corrected chi connectivity index (χ1v) is 9.84. The van der Waals surface area contributed by atoms with Crippen molar-refractivity contribution >= 4 is 5.71 Å². The zero-order valence-electron chi connectivity index (χ0n) is 16.0. The fourth-order valence-corrected chi connectivity index (χ4v) is 4.24. The van der Waals surface area contributed by atoms with Crippen molar-refractivity contribution in [3.05, 3.63) is 89.0 Å². The summed E-state index contributed by atoms with van der Waals surface area (Å²) in [6, 6.07) is 22.9. The molecule has 0 spiro atoms. The van der Waals surface area contributed by atoms with E-state index in [2.05, 4.69) is 48.3 Å². The predicted molar refractivity (Wildman–Crippen MR) is 109 cm³/mol. The summed E-state index contributed by atoms with van der Waals surface area (Å²) in [5.74, 6) is 2.44. The molecular formula is C24H20N2O3. The maximum Gasteiger partial charge on any atom is 0.231 e. The quantitative estimate of drug-likeness (QED) is 0.626. The van der Waals surface area contributed by atoms with E-state index in [0.29, 0.717) is 0 Å². The number of para-hydroxylation sites is 1. The molecule has 0 radical (unpaired) electrons. The molecule has 29 heavy (non-hydrogen) atoms. The van der Waals surface area contributed by atoms with Crippen LogP contribution in [0.2, 0.25) is 0 Å². The van der Waals surface area contributed by atoms with Crippen LogP contribution >= 0.6 is 0 Å². The van der Waals surface area contributed by atoms with Crippen LogP contribution in [0.15, 0.2) is 71.8 Å². The first-order chi connectivity index (χ1) is 14.3. The number of hydrazone groups is 1. The molecular weight excluding hydrogens is 364 g/mol. The highest BCUT2D eigenvalue weighted by Gasteiger charge is 2.41. The average Bonchev–Trinajstić information content (AvgIpc) is 3.40. The molecule has 0 unspecified atom stereocenters. The van der Waals surface area contributed by atoms with Crippen molar-refractivity contribution in [2.75, 3.05) is 6.79 Å². The van der Waals surface area contributed by atoms with Crippen LogP contribution in [0, 0.1) is 6.92 Å². The van der Waals surface area contributed by atoms with Gasteiger partial charge in [-0.15, -0.1) is 0 Å². The van der Waals surface area contributed by atoms with Gasteiger partial charge in [-0.2, -0.15) is 5.10 Å². The molecule has 6 rings (SSSR count). The normalized spacial score (nSPS) is 21.3. The van der Waals surface area contributed by atoms with Crippen LogP contribution in [0.4, 0.5) is 0 Å². The van der Waals surface area contributed by atoms with Crippen LogP contribution < -0.4 is 14.2 Å². The van der Waals surface area contributed by atoms with Gasteiger partial charge in [0.05, 0.1) is 11.8 Å². The highest BCUT2D eigenvalue weighted by atomic mass is 16.7. The molecule has 0 aromatic heterocycles. The van der Waals surface area contributed by atoms with E-state index in [1.54, 1.807) is 0 Å². The Morgan fingerprint density at radius 3 is 2.62 bits per heavy atom. The predicted octanol–water partition coefficient (Wildman–Crippen LogP) is 4.97. The molecule has 5 nitrogen and oxygen atoms in total. The van der Waals surface area contributed by atoms with Crippen molar-refractivity contribution in [1.29, 1.82) is 0 Å². The van der Waals surface area contributed by atoms with Crippen molar-refractivity contribution in [1.82, 2.24) is 5.01 Å². The number of hydrogen-bond acceptors (Lipinski definition) is 5. The summed E-state index contributed by atoms with van der Waals surface area (Å²) in [6.45, 7) is 2.36. The summed E-state index contributed by atoms with van der Waals surface area (Å²) < 4.78 is 17.5. The third-order valence-electron chi connectivity index (χ3n) is 5.77. The van der Waals surface area contributed by atoms with Crippen molar-refractivity contribution in [3.8, 4) is 17.2 Å². The van der Waals surface area contributed by atoms with E-state index < -0.39 is 0 Å². The molecule has 5 heteroatoms. The number of ether oxygens (including phenoxy) is 3. The summed E-state index contributed by atoms with van der Waals surface area (Å²) in [5, 5.41) is 7.11. The van der Waals surface area contributed by atoms with Gasteiger partial charge >= 0.3 is 0 Å². The van der Waals surface area contributed by atoms with E-state index >= 15 is 0 Å². The second-order valence-corrected chi connectivity index (χ2v) is 7.63. The molecule has 0 fully saturated rings. The zero-order chi connectivity index (χ0) is 19.4. The average molecular weight is 384 g/mol.